The zero-order valence-corrected chi connectivity index (χ0v) is 17.7. The van der Waals surface area contributed by atoms with Crippen LogP contribution in [0.15, 0.2) is 23.2 Å². The van der Waals surface area contributed by atoms with Crippen LogP contribution in [0.1, 0.15) is 24.0 Å². The summed E-state index contributed by atoms with van der Waals surface area (Å²) in [7, 11) is 4.34. The molecule has 1 fully saturated rings. The maximum Gasteiger partial charge on any atom is 0.193 e. The second kappa shape index (κ2) is 10.2. The van der Waals surface area contributed by atoms with Crippen LogP contribution in [0.25, 0.3) is 0 Å². The lowest BCUT2D eigenvalue weighted by Gasteiger charge is -2.34. The molecule has 0 atom stereocenters. The Hall–Kier alpha value is -0.860. The molecule has 0 saturated carbocycles. The fourth-order valence-electron chi connectivity index (χ4n) is 3.21. The smallest absolute Gasteiger partial charge is 0.193 e. The minimum absolute atomic E-state index is 0. The number of rotatable bonds is 5. The Kier molecular flexibility index (Phi) is 9.01. The van der Waals surface area contributed by atoms with Gasteiger partial charge in [-0.3, -0.25) is 4.99 Å². The van der Waals surface area contributed by atoms with Crippen molar-refractivity contribution in [1.82, 2.24) is 9.80 Å². The van der Waals surface area contributed by atoms with Crippen molar-refractivity contribution < 1.29 is 0 Å². The SMILES string of the molecule is Cc1cc(C)cc(NC(N)=NCCN2CCC(N(C)C)CC2)c1.I. The Morgan fingerprint density at radius 3 is 2.33 bits per heavy atom. The zero-order chi connectivity index (χ0) is 16.8. The summed E-state index contributed by atoms with van der Waals surface area (Å²) < 4.78 is 0. The quantitative estimate of drug-likeness (QED) is 0.416. The summed E-state index contributed by atoms with van der Waals surface area (Å²) in [5.74, 6) is 0.498. The van der Waals surface area contributed by atoms with Crippen LogP contribution in [0.4, 0.5) is 5.69 Å². The number of guanidine groups is 1. The largest absolute Gasteiger partial charge is 0.370 e. The number of anilines is 1. The summed E-state index contributed by atoms with van der Waals surface area (Å²) in [4.78, 5) is 9.27. The predicted octanol–water partition coefficient (Wildman–Crippen LogP) is 2.67. The number of benzene rings is 1. The lowest BCUT2D eigenvalue weighted by molar-refractivity contribution is 0.148. The molecule has 1 aliphatic heterocycles. The molecular formula is C18H32IN5. The van der Waals surface area contributed by atoms with Crippen LogP contribution in [-0.4, -0.2) is 62.1 Å². The lowest BCUT2D eigenvalue weighted by Crippen LogP contribution is -2.42. The van der Waals surface area contributed by atoms with Gasteiger partial charge in [0.05, 0.1) is 6.54 Å². The van der Waals surface area contributed by atoms with E-state index in [1.807, 2.05) is 0 Å². The van der Waals surface area contributed by atoms with E-state index in [2.05, 4.69) is 66.3 Å². The highest BCUT2D eigenvalue weighted by molar-refractivity contribution is 14.0. The van der Waals surface area contributed by atoms with Gasteiger partial charge in [0.1, 0.15) is 0 Å². The van der Waals surface area contributed by atoms with E-state index in [0.717, 1.165) is 37.9 Å². The van der Waals surface area contributed by atoms with E-state index < -0.39 is 0 Å². The average Bonchev–Trinajstić information content (AvgIpc) is 2.46. The molecule has 2 rings (SSSR count). The summed E-state index contributed by atoms with van der Waals surface area (Å²) in [6.07, 6.45) is 2.49. The van der Waals surface area contributed by atoms with Crippen molar-refractivity contribution in [1.29, 1.82) is 0 Å². The Balaban J connectivity index is 0.00000288. The van der Waals surface area contributed by atoms with E-state index in [9.17, 15) is 0 Å². The molecule has 1 heterocycles. The average molecular weight is 445 g/mol. The molecule has 0 aromatic heterocycles. The molecule has 0 bridgehead atoms. The summed E-state index contributed by atoms with van der Waals surface area (Å²) in [6.45, 7) is 8.21. The third-order valence-corrected chi connectivity index (χ3v) is 4.48. The van der Waals surface area contributed by atoms with Crippen molar-refractivity contribution >= 4 is 35.6 Å². The van der Waals surface area contributed by atoms with E-state index >= 15 is 0 Å². The summed E-state index contributed by atoms with van der Waals surface area (Å²) in [5.41, 5.74) is 9.46. The molecule has 0 spiro atoms. The third-order valence-electron chi connectivity index (χ3n) is 4.48. The molecule has 136 valence electrons. The van der Waals surface area contributed by atoms with Gasteiger partial charge in [-0.2, -0.15) is 0 Å². The first-order valence-corrected chi connectivity index (χ1v) is 8.48. The number of likely N-dealkylation sites (tertiary alicyclic amines) is 1. The van der Waals surface area contributed by atoms with Gasteiger partial charge >= 0.3 is 0 Å². The van der Waals surface area contributed by atoms with Crippen LogP contribution in [-0.2, 0) is 0 Å². The molecule has 0 amide bonds. The number of piperidine rings is 1. The fourth-order valence-corrected chi connectivity index (χ4v) is 3.21. The van der Waals surface area contributed by atoms with E-state index in [0.29, 0.717) is 5.96 Å². The molecular weight excluding hydrogens is 413 g/mol. The third kappa shape index (κ3) is 6.94. The summed E-state index contributed by atoms with van der Waals surface area (Å²) >= 11 is 0. The Morgan fingerprint density at radius 2 is 1.79 bits per heavy atom. The van der Waals surface area contributed by atoms with Gasteiger partial charge in [-0.15, -0.1) is 24.0 Å². The molecule has 0 radical (unpaired) electrons. The Labute approximate surface area is 163 Å². The monoisotopic (exact) mass is 445 g/mol. The van der Waals surface area contributed by atoms with Crippen LogP contribution < -0.4 is 11.1 Å². The molecule has 1 aromatic carbocycles. The minimum atomic E-state index is 0. The molecule has 1 saturated heterocycles. The number of nitrogens with two attached hydrogens (primary N) is 1. The fraction of sp³-hybridized carbons (Fsp3) is 0.611. The van der Waals surface area contributed by atoms with Gasteiger partial charge in [0.2, 0.25) is 0 Å². The molecule has 0 aliphatic carbocycles. The van der Waals surface area contributed by atoms with Crippen molar-refractivity contribution in [3.8, 4) is 0 Å². The van der Waals surface area contributed by atoms with E-state index in [4.69, 9.17) is 5.73 Å². The van der Waals surface area contributed by atoms with Crippen LogP contribution in [0.5, 0.6) is 0 Å². The number of aryl methyl sites for hydroxylation is 2. The molecule has 3 N–H and O–H groups in total. The standard InChI is InChI=1S/C18H31N5.HI/c1-14-11-15(2)13-16(12-14)21-18(19)20-7-10-23-8-5-17(6-9-23)22(3)4;/h11-13,17H,5-10H2,1-4H3,(H3,19,20,21);1H. The maximum atomic E-state index is 6.00. The van der Waals surface area contributed by atoms with Crippen molar-refractivity contribution in [3.63, 3.8) is 0 Å². The van der Waals surface area contributed by atoms with Gasteiger partial charge in [0.15, 0.2) is 5.96 Å². The first-order chi connectivity index (χ1) is 10.9. The first kappa shape index (κ1) is 21.2. The molecule has 0 unspecified atom stereocenters. The van der Waals surface area contributed by atoms with E-state index in [1.165, 1.54) is 24.0 Å². The Bertz CT molecular complexity index is 516. The number of hydrogen-bond acceptors (Lipinski definition) is 3. The van der Waals surface area contributed by atoms with Gasteiger partial charge in [-0.25, -0.2) is 0 Å². The number of hydrogen-bond donors (Lipinski definition) is 2. The van der Waals surface area contributed by atoms with Crippen LogP contribution >= 0.6 is 24.0 Å². The molecule has 5 nitrogen and oxygen atoms in total. The summed E-state index contributed by atoms with van der Waals surface area (Å²) in [5, 5.41) is 3.19. The Morgan fingerprint density at radius 1 is 1.21 bits per heavy atom. The van der Waals surface area contributed by atoms with Crippen molar-refractivity contribution in [3.05, 3.63) is 29.3 Å². The molecule has 24 heavy (non-hydrogen) atoms. The molecule has 1 aliphatic rings. The van der Waals surface area contributed by atoms with Gasteiger partial charge in [0.25, 0.3) is 0 Å². The second-order valence-electron chi connectivity index (χ2n) is 6.80. The van der Waals surface area contributed by atoms with Crippen molar-refractivity contribution in [2.75, 3.05) is 45.6 Å². The second-order valence-corrected chi connectivity index (χ2v) is 6.80. The number of nitrogens with one attached hydrogen (secondary N) is 1. The molecule has 6 heteroatoms. The number of aliphatic imine (C=N–C) groups is 1. The highest BCUT2D eigenvalue weighted by atomic mass is 127. The van der Waals surface area contributed by atoms with Crippen molar-refractivity contribution in [2.45, 2.75) is 32.7 Å². The maximum absolute atomic E-state index is 6.00. The zero-order valence-electron chi connectivity index (χ0n) is 15.4. The van der Waals surface area contributed by atoms with Crippen LogP contribution in [0, 0.1) is 13.8 Å². The highest BCUT2D eigenvalue weighted by Gasteiger charge is 2.19. The van der Waals surface area contributed by atoms with Crippen LogP contribution in [0.3, 0.4) is 0 Å². The molecule has 1 aromatic rings. The number of halogens is 1. The normalized spacial score (nSPS) is 17.0. The van der Waals surface area contributed by atoms with Gasteiger partial charge < -0.3 is 20.9 Å². The topological polar surface area (TPSA) is 56.9 Å². The lowest BCUT2D eigenvalue weighted by atomic mass is 10.0. The van der Waals surface area contributed by atoms with Gasteiger partial charge in [-0.05, 0) is 77.1 Å². The summed E-state index contributed by atoms with van der Waals surface area (Å²) in [6, 6.07) is 7.05. The van der Waals surface area contributed by atoms with Crippen LogP contribution in [0.2, 0.25) is 0 Å². The first-order valence-electron chi connectivity index (χ1n) is 8.48. The van der Waals surface area contributed by atoms with Gasteiger partial charge in [0, 0.05) is 18.3 Å². The van der Waals surface area contributed by atoms with E-state index in [1.54, 1.807) is 0 Å². The predicted molar refractivity (Wildman–Crippen MR) is 115 cm³/mol. The van der Waals surface area contributed by atoms with Gasteiger partial charge in [-0.1, -0.05) is 6.07 Å². The minimum Gasteiger partial charge on any atom is -0.370 e. The van der Waals surface area contributed by atoms with Crippen molar-refractivity contribution in [2.24, 2.45) is 10.7 Å². The van der Waals surface area contributed by atoms with E-state index in [-0.39, 0.29) is 24.0 Å². The highest BCUT2D eigenvalue weighted by Crippen LogP contribution is 2.14. The number of nitrogens with zero attached hydrogens (tertiary/aromatic N) is 3.